The Morgan fingerprint density at radius 2 is 2.06 bits per heavy atom. The first kappa shape index (κ1) is 13.6. The molecule has 0 aromatic heterocycles. The molecule has 1 aliphatic carbocycles. The molecule has 3 atom stereocenters. The first-order valence-electron chi connectivity index (χ1n) is 7.22. The summed E-state index contributed by atoms with van der Waals surface area (Å²) >= 11 is 0. The lowest BCUT2D eigenvalue weighted by Crippen LogP contribution is -2.32. The summed E-state index contributed by atoms with van der Waals surface area (Å²) in [6.07, 6.45) is 2.46. The maximum atomic E-state index is 5.49. The van der Waals surface area contributed by atoms with Crippen LogP contribution < -0.4 is 5.32 Å². The molecule has 0 heterocycles. The minimum absolute atomic E-state index is 0.617. The zero-order chi connectivity index (χ0) is 12.8. The molecule has 0 saturated heterocycles. The van der Waals surface area contributed by atoms with Crippen molar-refractivity contribution in [2.45, 2.75) is 38.6 Å². The number of rotatable bonds is 8. The van der Waals surface area contributed by atoms with Crippen LogP contribution in [0, 0.1) is 5.92 Å². The first-order valence-corrected chi connectivity index (χ1v) is 7.22. The van der Waals surface area contributed by atoms with Crippen LogP contribution in [0.4, 0.5) is 0 Å². The fourth-order valence-corrected chi connectivity index (χ4v) is 2.83. The predicted molar refractivity (Wildman–Crippen MR) is 75.9 cm³/mol. The van der Waals surface area contributed by atoms with Gasteiger partial charge in [-0.05, 0) is 43.7 Å². The predicted octanol–water partition coefficient (Wildman–Crippen LogP) is 3.19. The number of hydrogen-bond acceptors (Lipinski definition) is 2. The van der Waals surface area contributed by atoms with Gasteiger partial charge < -0.3 is 10.1 Å². The molecule has 18 heavy (non-hydrogen) atoms. The second-order valence-corrected chi connectivity index (χ2v) is 5.07. The molecule has 0 aliphatic heterocycles. The summed E-state index contributed by atoms with van der Waals surface area (Å²) in [4.78, 5) is 0. The smallest absolute Gasteiger partial charge is 0.0480 e. The van der Waals surface area contributed by atoms with Crippen molar-refractivity contribution in [3.63, 3.8) is 0 Å². The van der Waals surface area contributed by atoms with Gasteiger partial charge in [0.25, 0.3) is 0 Å². The van der Waals surface area contributed by atoms with Gasteiger partial charge in [-0.2, -0.15) is 0 Å². The number of nitrogens with one attached hydrogen (secondary N) is 1. The Labute approximate surface area is 111 Å². The zero-order valence-electron chi connectivity index (χ0n) is 11.6. The average Bonchev–Trinajstić information content (AvgIpc) is 3.19. The number of hydrogen-bond donors (Lipinski definition) is 1. The lowest BCUT2D eigenvalue weighted by Gasteiger charge is -2.18. The molecule has 0 bridgehead atoms. The molecule has 2 rings (SSSR count). The Kier molecular flexibility index (Phi) is 5.21. The largest absolute Gasteiger partial charge is 0.382 e. The second kappa shape index (κ2) is 6.91. The fourth-order valence-electron chi connectivity index (χ4n) is 2.83. The van der Waals surface area contributed by atoms with E-state index in [1.807, 2.05) is 0 Å². The molecule has 100 valence electrons. The summed E-state index contributed by atoms with van der Waals surface area (Å²) in [5.74, 6) is 1.56. The average molecular weight is 247 g/mol. The van der Waals surface area contributed by atoms with Gasteiger partial charge in [0, 0.05) is 19.3 Å². The van der Waals surface area contributed by atoms with Crippen LogP contribution in [0.2, 0.25) is 0 Å². The van der Waals surface area contributed by atoms with Gasteiger partial charge in [0.05, 0.1) is 0 Å². The van der Waals surface area contributed by atoms with Gasteiger partial charge in [0.1, 0.15) is 0 Å². The highest BCUT2D eigenvalue weighted by Gasteiger charge is 2.42. The van der Waals surface area contributed by atoms with E-state index in [9.17, 15) is 0 Å². The van der Waals surface area contributed by atoms with Crippen molar-refractivity contribution in [3.8, 4) is 0 Å². The molecule has 0 spiro atoms. The lowest BCUT2D eigenvalue weighted by molar-refractivity contribution is 0.134. The SMILES string of the molecule is CCNC(CCOCC)C1CC1c1ccccc1. The Bertz CT molecular complexity index is 338. The van der Waals surface area contributed by atoms with Gasteiger partial charge in [0.15, 0.2) is 0 Å². The number of benzene rings is 1. The van der Waals surface area contributed by atoms with Gasteiger partial charge >= 0.3 is 0 Å². The molecule has 1 aromatic carbocycles. The Balaban J connectivity index is 1.85. The third kappa shape index (κ3) is 3.56. The van der Waals surface area contributed by atoms with Gasteiger partial charge in [-0.15, -0.1) is 0 Å². The quantitative estimate of drug-likeness (QED) is 0.712. The van der Waals surface area contributed by atoms with Crippen LogP contribution in [0.1, 0.15) is 38.2 Å². The third-order valence-electron chi connectivity index (χ3n) is 3.83. The van der Waals surface area contributed by atoms with Gasteiger partial charge in [-0.1, -0.05) is 37.3 Å². The van der Waals surface area contributed by atoms with Crippen molar-refractivity contribution in [3.05, 3.63) is 35.9 Å². The van der Waals surface area contributed by atoms with Crippen molar-refractivity contribution in [1.82, 2.24) is 5.32 Å². The summed E-state index contributed by atoms with van der Waals surface area (Å²) in [5.41, 5.74) is 1.50. The van der Waals surface area contributed by atoms with E-state index in [1.165, 1.54) is 12.0 Å². The van der Waals surface area contributed by atoms with E-state index in [-0.39, 0.29) is 0 Å². The molecule has 0 amide bonds. The van der Waals surface area contributed by atoms with E-state index < -0.39 is 0 Å². The highest BCUT2D eigenvalue weighted by atomic mass is 16.5. The Morgan fingerprint density at radius 1 is 1.28 bits per heavy atom. The number of ether oxygens (including phenoxy) is 1. The molecule has 2 nitrogen and oxygen atoms in total. The Morgan fingerprint density at radius 3 is 2.72 bits per heavy atom. The standard InChI is InChI=1S/C16H25NO/c1-3-17-16(10-11-18-4-2)15-12-14(15)13-8-6-5-7-9-13/h5-9,14-17H,3-4,10-12H2,1-2H3. The molecule has 1 saturated carbocycles. The Hall–Kier alpha value is -0.860. The molecule has 3 unspecified atom stereocenters. The highest BCUT2D eigenvalue weighted by molar-refractivity contribution is 5.26. The molecule has 1 aromatic rings. The van der Waals surface area contributed by atoms with Crippen LogP contribution in [0.15, 0.2) is 30.3 Å². The molecule has 2 heteroatoms. The van der Waals surface area contributed by atoms with E-state index in [4.69, 9.17) is 4.74 Å². The fraction of sp³-hybridized carbons (Fsp3) is 0.625. The van der Waals surface area contributed by atoms with Crippen LogP contribution in [0.3, 0.4) is 0 Å². The summed E-state index contributed by atoms with van der Waals surface area (Å²) in [7, 11) is 0. The van der Waals surface area contributed by atoms with Crippen molar-refractivity contribution in [2.24, 2.45) is 5.92 Å². The van der Waals surface area contributed by atoms with Gasteiger partial charge in [0.2, 0.25) is 0 Å². The van der Waals surface area contributed by atoms with Crippen molar-refractivity contribution >= 4 is 0 Å². The molecular weight excluding hydrogens is 222 g/mol. The normalized spacial score (nSPS) is 23.9. The monoisotopic (exact) mass is 247 g/mol. The van der Waals surface area contributed by atoms with E-state index >= 15 is 0 Å². The molecule has 0 radical (unpaired) electrons. The van der Waals surface area contributed by atoms with E-state index in [0.717, 1.165) is 38.0 Å². The van der Waals surface area contributed by atoms with Gasteiger partial charge in [-0.25, -0.2) is 0 Å². The maximum Gasteiger partial charge on any atom is 0.0480 e. The van der Waals surface area contributed by atoms with Crippen LogP contribution in [0.25, 0.3) is 0 Å². The van der Waals surface area contributed by atoms with Crippen LogP contribution in [0.5, 0.6) is 0 Å². The highest BCUT2D eigenvalue weighted by Crippen LogP contribution is 2.50. The van der Waals surface area contributed by atoms with Crippen LogP contribution >= 0.6 is 0 Å². The maximum absolute atomic E-state index is 5.49. The summed E-state index contributed by atoms with van der Waals surface area (Å²) in [5, 5.41) is 3.62. The lowest BCUT2D eigenvalue weighted by atomic mass is 10.0. The summed E-state index contributed by atoms with van der Waals surface area (Å²) in [6.45, 7) is 7.01. The van der Waals surface area contributed by atoms with E-state index in [0.29, 0.717) is 6.04 Å². The molecule has 1 fully saturated rings. The minimum Gasteiger partial charge on any atom is -0.382 e. The van der Waals surface area contributed by atoms with Crippen molar-refractivity contribution in [2.75, 3.05) is 19.8 Å². The van der Waals surface area contributed by atoms with E-state index in [2.05, 4.69) is 49.5 Å². The minimum atomic E-state index is 0.617. The van der Waals surface area contributed by atoms with Gasteiger partial charge in [-0.3, -0.25) is 0 Å². The second-order valence-electron chi connectivity index (χ2n) is 5.07. The third-order valence-corrected chi connectivity index (χ3v) is 3.83. The first-order chi connectivity index (χ1) is 8.86. The van der Waals surface area contributed by atoms with Crippen LogP contribution in [-0.2, 0) is 4.74 Å². The molecule has 1 N–H and O–H groups in total. The van der Waals surface area contributed by atoms with Crippen molar-refractivity contribution < 1.29 is 4.74 Å². The zero-order valence-corrected chi connectivity index (χ0v) is 11.6. The van der Waals surface area contributed by atoms with E-state index in [1.54, 1.807) is 0 Å². The van der Waals surface area contributed by atoms with Crippen molar-refractivity contribution in [1.29, 1.82) is 0 Å². The molecular formula is C16H25NO. The summed E-state index contributed by atoms with van der Waals surface area (Å²) < 4.78 is 5.49. The summed E-state index contributed by atoms with van der Waals surface area (Å²) in [6, 6.07) is 11.5. The topological polar surface area (TPSA) is 21.3 Å². The molecule has 1 aliphatic rings. The van der Waals surface area contributed by atoms with Crippen LogP contribution in [-0.4, -0.2) is 25.8 Å².